The Hall–Kier alpha value is -3.67. The number of hydrogen-bond donors (Lipinski definition) is 2. The molecule has 1 amide bonds. The molecule has 2 N–H and O–H groups in total. The summed E-state index contributed by atoms with van der Waals surface area (Å²) in [5, 5.41) is 4.48. The molecule has 2 aromatic heterocycles. The van der Waals surface area contributed by atoms with Crippen LogP contribution in [-0.4, -0.2) is 33.4 Å². The number of carbonyl (C=O) groups is 1. The minimum Gasteiger partial charge on any atom is -0.361 e. The van der Waals surface area contributed by atoms with Crippen LogP contribution < -0.4 is 10.2 Å². The summed E-state index contributed by atoms with van der Waals surface area (Å²) in [5.74, 6) is 0.385. The van der Waals surface area contributed by atoms with E-state index >= 15 is 0 Å². The molecule has 3 heterocycles. The lowest BCUT2D eigenvalue weighted by Crippen LogP contribution is -2.36. The van der Waals surface area contributed by atoms with E-state index in [9.17, 15) is 4.79 Å². The molecule has 5 rings (SSSR count). The van der Waals surface area contributed by atoms with Crippen molar-refractivity contribution in [3.05, 3.63) is 83.8 Å². The monoisotopic (exact) mass is 397 g/mol. The SMILES string of the molecule is CC1Cc2ccccc2N1C(=O)c1ccnc(NCCc2c[nH]c3ccccc23)n1. The Balaban J connectivity index is 1.29. The molecule has 0 saturated heterocycles. The van der Waals surface area contributed by atoms with E-state index in [1.54, 1.807) is 12.3 Å². The molecule has 0 fully saturated rings. The lowest BCUT2D eigenvalue weighted by Gasteiger charge is -2.22. The number of para-hydroxylation sites is 2. The highest BCUT2D eigenvalue weighted by Crippen LogP contribution is 2.32. The van der Waals surface area contributed by atoms with Crippen molar-refractivity contribution in [3.8, 4) is 0 Å². The van der Waals surface area contributed by atoms with Crippen LogP contribution in [0.4, 0.5) is 11.6 Å². The van der Waals surface area contributed by atoms with Gasteiger partial charge in [0.2, 0.25) is 5.95 Å². The number of aromatic nitrogens is 3. The molecule has 1 unspecified atom stereocenters. The smallest absolute Gasteiger partial charge is 0.277 e. The third-order valence-corrected chi connectivity index (χ3v) is 5.65. The second kappa shape index (κ2) is 7.63. The summed E-state index contributed by atoms with van der Waals surface area (Å²) in [6.07, 6.45) is 5.38. The van der Waals surface area contributed by atoms with E-state index in [-0.39, 0.29) is 11.9 Å². The van der Waals surface area contributed by atoms with Crippen LogP contribution in [-0.2, 0) is 12.8 Å². The molecule has 30 heavy (non-hydrogen) atoms. The number of nitrogens with zero attached hydrogens (tertiary/aromatic N) is 3. The molecular weight excluding hydrogens is 374 g/mol. The van der Waals surface area contributed by atoms with Crippen molar-refractivity contribution in [2.24, 2.45) is 0 Å². The van der Waals surface area contributed by atoms with Crippen molar-refractivity contribution in [2.45, 2.75) is 25.8 Å². The van der Waals surface area contributed by atoms with Crippen LogP contribution in [0, 0.1) is 0 Å². The predicted octanol–water partition coefficient (Wildman–Crippen LogP) is 4.20. The molecule has 0 radical (unpaired) electrons. The van der Waals surface area contributed by atoms with Crippen LogP contribution in [0.3, 0.4) is 0 Å². The summed E-state index contributed by atoms with van der Waals surface area (Å²) in [7, 11) is 0. The second-order valence-corrected chi connectivity index (χ2v) is 7.66. The first kappa shape index (κ1) is 18.4. The zero-order valence-corrected chi connectivity index (χ0v) is 16.8. The van der Waals surface area contributed by atoms with Crippen LogP contribution in [0.5, 0.6) is 0 Å². The lowest BCUT2D eigenvalue weighted by molar-refractivity contribution is 0.0976. The molecule has 0 aliphatic carbocycles. The minimum absolute atomic E-state index is 0.0884. The Morgan fingerprint density at radius 2 is 2.00 bits per heavy atom. The van der Waals surface area contributed by atoms with Crippen LogP contribution in [0.15, 0.2) is 67.0 Å². The van der Waals surface area contributed by atoms with Gasteiger partial charge in [-0.05, 0) is 49.1 Å². The highest BCUT2D eigenvalue weighted by molar-refractivity contribution is 6.06. The molecule has 1 aliphatic heterocycles. The zero-order valence-electron chi connectivity index (χ0n) is 16.8. The van der Waals surface area contributed by atoms with Crippen LogP contribution in [0.25, 0.3) is 10.9 Å². The first-order chi connectivity index (χ1) is 14.7. The number of amides is 1. The Labute approximate surface area is 175 Å². The minimum atomic E-state index is -0.0884. The van der Waals surface area contributed by atoms with E-state index in [1.807, 2.05) is 41.4 Å². The van der Waals surface area contributed by atoms with Gasteiger partial charge in [0.05, 0.1) is 0 Å². The molecule has 4 aromatic rings. The van der Waals surface area contributed by atoms with Gasteiger partial charge in [0.15, 0.2) is 0 Å². The van der Waals surface area contributed by atoms with E-state index in [1.165, 1.54) is 16.5 Å². The number of rotatable bonds is 5. The first-order valence-electron chi connectivity index (χ1n) is 10.2. The van der Waals surface area contributed by atoms with E-state index in [0.29, 0.717) is 18.2 Å². The van der Waals surface area contributed by atoms with Gasteiger partial charge in [-0.3, -0.25) is 4.79 Å². The summed E-state index contributed by atoms with van der Waals surface area (Å²) in [6.45, 7) is 2.75. The lowest BCUT2D eigenvalue weighted by atomic mass is 10.1. The number of anilines is 2. The average Bonchev–Trinajstić information content (AvgIpc) is 3.33. The predicted molar refractivity (Wildman–Crippen MR) is 119 cm³/mol. The zero-order chi connectivity index (χ0) is 20.5. The highest BCUT2D eigenvalue weighted by atomic mass is 16.2. The molecular formula is C24H23N5O. The molecule has 1 aliphatic rings. The van der Waals surface area contributed by atoms with Crippen molar-refractivity contribution >= 4 is 28.4 Å². The summed E-state index contributed by atoms with van der Waals surface area (Å²) in [5.41, 5.74) is 4.96. The maximum Gasteiger partial charge on any atom is 0.277 e. The maximum absolute atomic E-state index is 13.2. The fraction of sp³-hybridized carbons (Fsp3) is 0.208. The number of benzene rings is 2. The number of hydrogen-bond acceptors (Lipinski definition) is 4. The van der Waals surface area contributed by atoms with Gasteiger partial charge in [-0.25, -0.2) is 9.97 Å². The molecule has 0 saturated carbocycles. The van der Waals surface area contributed by atoms with Crippen LogP contribution >= 0.6 is 0 Å². The number of carbonyl (C=O) groups excluding carboxylic acids is 1. The van der Waals surface area contributed by atoms with Crippen molar-refractivity contribution in [1.29, 1.82) is 0 Å². The van der Waals surface area contributed by atoms with E-state index in [2.05, 4.69) is 45.4 Å². The van der Waals surface area contributed by atoms with Crippen LogP contribution in [0.1, 0.15) is 28.5 Å². The Bertz CT molecular complexity index is 1210. The van der Waals surface area contributed by atoms with Crippen molar-refractivity contribution in [3.63, 3.8) is 0 Å². The number of nitrogens with one attached hydrogen (secondary N) is 2. The molecule has 1 atom stereocenters. The van der Waals surface area contributed by atoms with E-state index in [4.69, 9.17) is 0 Å². The van der Waals surface area contributed by atoms with Crippen molar-refractivity contribution in [2.75, 3.05) is 16.8 Å². The van der Waals surface area contributed by atoms with Gasteiger partial charge in [0.1, 0.15) is 5.69 Å². The largest absolute Gasteiger partial charge is 0.361 e. The normalized spacial score (nSPS) is 15.4. The molecule has 0 spiro atoms. The Morgan fingerprint density at radius 1 is 1.17 bits per heavy atom. The third-order valence-electron chi connectivity index (χ3n) is 5.65. The van der Waals surface area contributed by atoms with E-state index in [0.717, 1.165) is 24.0 Å². The average molecular weight is 397 g/mol. The van der Waals surface area contributed by atoms with Gasteiger partial charge in [0, 0.05) is 41.6 Å². The topological polar surface area (TPSA) is 73.9 Å². The third kappa shape index (κ3) is 3.30. The highest BCUT2D eigenvalue weighted by Gasteiger charge is 2.31. The van der Waals surface area contributed by atoms with E-state index < -0.39 is 0 Å². The van der Waals surface area contributed by atoms with Crippen molar-refractivity contribution < 1.29 is 4.79 Å². The van der Waals surface area contributed by atoms with Crippen LogP contribution in [0.2, 0.25) is 0 Å². The number of fused-ring (bicyclic) bond motifs is 2. The van der Waals surface area contributed by atoms with Gasteiger partial charge in [-0.2, -0.15) is 0 Å². The standard InChI is InChI=1S/C24H23N5O/c1-16-14-17-6-2-5-9-22(17)29(16)23(30)21-11-13-26-24(28-21)25-12-10-18-15-27-20-8-4-3-7-19(18)20/h2-9,11,13,15-16,27H,10,12,14H2,1H3,(H,25,26,28). The van der Waals surface area contributed by atoms with Gasteiger partial charge in [-0.1, -0.05) is 36.4 Å². The van der Waals surface area contributed by atoms with Gasteiger partial charge in [0.25, 0.3) is 5.91 Å². The maximum atomic E-state index is 13.2. The second-order valence-electron chi connectivity index (χ2n) is 7.66. The number of H-pyrrole nitrogens is 1. The first-order valence-corrected chi connectivity index (χ1v) is 10.2. The van der Waals surface area contributed by atoms with Gasteiger partial charge >= 0.3 is 0 Å². The molecule has 150 valence electrons. The quantitative estimate of drug-likeness (QED) is 0.529. The molecule has 2 aromatic carbocycles. The Kier molecular flexibility index (Phi) is 4.67. The fourth-order valence-electron chi connectivity index (χ4n) is 4.21. The summed E-state index contributed by atoms with van der Waals surface area (Å²) in [6, 6.07) is 18.1. The summed E-state index contributed by atoms with van der Waals surface area (Å²) in [4.78, 5) is 27.1. The fourth-order valence-corrected chi connectivity index (χ4v) is 4.21. The van der Waals surface area contributed by atoms with Gasteiger partial charge in [-0.15, -0.1) is 0 Å². The number of aromatic amines is 1. The van der Waals surface area contributed by atoms with Gasteiger partial charge < -0.3 is 15.2 Å². The molecule has 0 bridgehead atoms. The molecule has 6 heteroatoms. The Morgan fingerprint density at radius 3 is 2.93 bits per heavy atom. The summed E-state index contributed by atoms with van der Waals surface area (Å²) < 4.78 is 0. The van der Waals surface area contributed by atoms with Crippen molar-refractivity contribution in [1.82, 2.24) is 15.0 Å². The summed E-state index contributed by atoms with van der Waals surface area (Å²) >= 11 is 0. The molecule has 6 nitrogen and oxygen atoms in total.